The number of hydrogen-bond acceptors (Lipinski definition) is 4. The van der Waals surface area contributed by atoms with Crippen molar-refractivity contribution in [3.8, 4) is 11.5 Å². The number of nitrogens with zero attached hydrogens (tertiary/aromatic N) is 1. The Bertz CT molecular complexity index is 492. The van der Waals surface area contributed by atoms with Crippen LogP contribution in [0.3, 0.4) is 0 Å². The molecule has 1 heterocycles. The van der Waals surface area contributed by atoms with E-state index in [1.165, 1.54) is 12.8 Å². The molecule has 2 N–H and O–H groups in total. The lowest BCUT2D eigenvalue weighted by Crippen LogP contribution is -2.45. The number of phenols is 1. The molecule has 1 aliphatic carbocycles. The summed E-state index contributed by atoms with van der Waals surface area (Å²) in [6, 6.07) is 4.22. The summed E-state index contributed by atoms with van der Waals surface area (Å²) >= 11 is 6.14. The van der Waals surface area contributed by atoms with Gasteiger partial charge in [-0.05, 0) is 36.5 Å². The van der Waals surface area contributed by atoms with Crippen LogP contribution in [0.1, 0.15) is 24.4 Å². The average molecular weight is 370 g/mol. The topological polar surface area (TPSA) is 44.7 Å². The second kappa shape index (κ2) is 8.46. The smallest absolute Gasteiger partial charge is 0.176 e. The van der Waals surface area contributed by atoms with E-state index in [2.05, 4.69) is 10.2 Å². The number of aromatic hydroxyl groups is 1. The predicted octanol–water partition coefficient (Wildman–Crippen LogP) is 3.25. The molecule has 0 radical (unpaired) electrons. The third-order valence-corrected chi connectivity index (χ3v) is 4.51. The van der Waals surface area contributed by atoms with Crippen LogP contribution in [0.15, 0.2) is 12.1 Å². The summed E-state index contributed by atoms with van der Waals surface area (Å²) in [4.78, 5) is 2.52. The van der Waals surface area contributed by atoms with Gasteiger partial charge in [-0.25, -0.2) is 0 Å². The number of benzene rings is 1. The molecular formula is C15H23Cl3N2O2. The quantitative estimate of drug-likeness (QED) is 0.855. The van der Waals surface area contributed by atoms with Crippen LogP contribution >= 0.6 is 36.4 Å². The Morgan fingerprint density at radius 2 is 1.91 bits per heavy atom. The van der Waals surface area contributed by atoms with E-state index in [0.29, 0.717) is 22.7 Å². The van der Waals surface area contributed by atoms with Gasteiger partial charge in [-0.1, -0.05) is 11.6 Å². The maximum absolute atomic E-state index is 9.89. The van der Waals surface area contributed by atoms with Crippen molar-refractivity contribution in [3.05, 3.63) is 22.7 Å². The van der Waals surface area contributed by atoms with Gasteiger partial charge in [0.05, 0.1) is 12.1 Å². The van der Waals surface area contributed by atoms with Crippen LogP contribution in [0.5, 0.6) is 11.5 Å². The van der Waals surface area contributed by atoms with Gasteiger partial charge in [0.1, 0.15) is 0 Å². The van der Waals surface area contributed by atoms with Crippen molar-refractivity contribution in [1.82, 2.24) is 10.2 Å². The fourth-order valence-electron chi connectivity index (χ4n) is 3.07. The highest BCUT2D eigenvalue weighted by Crippen LogP contribution is 2.47. The zero-order valence-corrected chi connectivity index (χ0v) is 14.9. The lowest BCUT2D eigenvalue weighted by atomic mass is 9.99. The van der Waals surface area contributed by atoms with Gasteiger partial charge in [-0.2, -0.15) is 0 Å². The average Bonchev–Trinajstić information content (AvgIpc) is 3.28. The first-order valence-electron chi connectivity index (χ1n) is 7.22. The van der Waals surface area contributed by atoms with Gasteiger partial charge in [0.25, 0.3) is 0 Å². The number of ether oxygens (including phenoxy) is 1. The molecule has 1 saturated heterocycles. The molecule has 2 aliphatic rings. The molecule has 22 heavy (non-hydrogen) atoms. The Kier molecular flexibility index (Phi) is 7.56. The summed E-state index contributed by atoms with van der Waals surface area (Å²) in [6.07, 6.45) is 2.55. The standard InChI is InChI=1S/C15H21ClN2O2.2ClH/c1-20-13-9-11(8-12(16)15(13)19)14(10-2-3-10)18-6-4-17-5-7-18;;/h8-10,14,17,19H,2-7H2,1H3;2*1H/t14-;;/m0../s1. The molecule has 1 aromatic carbocycles. The van der Waals surface area contributed by atoms with E-state index < -0.39 is 0 Å². The summed E-state index contributed by atoms with van der Waals surface area (Å²) in [6.45, 7) is 4.18. The van der Waals surface area contributed by atoms with Crippen molar-refractivity contribution < 1.29 is 9.84 Å². The summed E-state index contributed by atoms with van der Waals surface area (Å²) in [5, 5.41) is 13.7. The lowest BCUT2D eigenvalue weighted by molar-refractivity contribution is 0.156. The maximum atomic E-state index is 9.89. The number of hydrogen-bond donors (Lipinski definition) is 2. The van der Waals surface area contributed by atoms with Gasteiger partial charge < -0.3 is 15.2 Å². The molecule has 0 amide bonds. The molecule has 0 bridgehead atoms. The lowest BCUT2D eigenvalue weighted by Gasteiger charge is -2.35. The van der Waals surface area contributed by atoms with Gasteiger partial charge in [0, 0.05) is 32.2 Å². The molecule has 3 rings (SSSR count). The SMILES string of the molecule is COc1cc([C@H](C2CC2)N2CCNCC2)cc(Cl)c1O.Cl.Cl. The molecule has 1 saturated carbocycles. The maximum Gasteiger partial charge on any atom is 0.176 e. The summed E-state index contributed by atoms with van der Waals surface area (Å²) < 4.78 is 5.24. The largest absolute Gasteiger partial charge is 0.503 e. The monoisotopic (exact) mass is 368 g/mol. The minimum atomic E-state index is 0. The number of methoxy groups -OCH3 is 1. The van der Waals surface area contributed by atoms with Crippen molar-refractivity contribution in [3.63, 3.8) is 0 Å². The molecule has 0 unspecified atom stereocenters. The van der Waals surface area contributed by atoms with E-state index in [9.17, 15) is 5.11 Å². The first-order valence-corrected chi connectivity index (χ1v) is 7.59. The molecular weight excluding hydrogens is 347 g/mol. The molecule has 1 atom stereocenters. The number of halogens is 3. The zero-order valence-electron chi connectivity index (χ0n) is 12.5. The predicted molar refractivity (Wildman–Crippen MR) is 94.1 cm³/mol. The second-order valence-corrected chi connectivity index (χ2v) is 6.03. The first-order chi connectivity index (χ1) is 9.70. The van der Waals surface area contributed by atoms with Crippen molar-refractivity contribution in [2.75, 3.05) is 33.3 Å². The molecule has 0 aromatic heterocycles. The van der Waals surface area contributed by atoms with E-state index in [4.69, 9.17) is 16.3 Å². The van der Waals surface area contributed by atoms with Crippen LogP contribution in [0.2, 0.25) is 5.02 Å². The summed E-state index contributed by atoms with van der Waals surface area (Å²) in [5.41, 5.74) is 1.16. The Labute approximate surface area is 149 Å². The Morgan fingerprint density at radius 1 is 1.27 bits per heavy atom. The van der Waals surface area contributed by atoms with Crippen LogP contribution in [0.4, 0.5) is 0 Å². The van der Waals surface area contributed by atoms with Crippen LogP contribution < -0.4 is 10.1 Å². The highest BCUT2D eigenvalue weighted by molar-refractivity contribution is 6.32. The molecule has 7 heteroatoms. The number of nitrogens with one attached hydrogen (secondary N) is 1. The molecule has 4 nitrogen and oxygen atoms in total. The third kappa shape index (κ3) is 4.12. The Balaban J connectivity index is 0.00000121. The van der Waals surface area contributed by atoms with Crippen LogP contribution in [-0.4, -0.2) is 43.3 Å². The van der Waals surface area contributed by atoms with E-state index >= 15 is 0 Å². The van der Waals surface area contributed by atoms with Crippen molar-refractivity contribution >= 4 is 36.4 Å². The second-order valence-electron chi connectivity index (χ2n) is 5.62. The Morgan fingerprint density at radius 3 is 2.45 bits per heavy atom. The van der Waals surface area contributed by atoms with Crippen molar-refractivity contribution in [2.24, 2.45) is 5.92 Å². The summed E-state index contributed by atoms with van der Waals surface area (Å²) in [7, 11) is 1.56. The van der Waals surface area contributed by atoms with E-state index in [1.54, 1.807) is 7.11 Å². The fraction of sp³-hybridized carbons (Fsp3) is 0.600. The Hall–Kier alpha value is -0.390. The van der Waals surface area contributed by atoms with Crippen molar-refractivity contribution in [2.45, 2.75) is 18.9 Å². The van der Waals surface area contributed by atoms with Crippen LogP contribution in [0.25, 0.3) is 0 Å². The van der Waals surface area contributed by atoms with Gasteiger partial charge in [0.15, 0.2) is 11.5 Å². The highest BCUT2D eigenvalue weighted by atomic mass is 35.5. The molecule has 2 fully saturated rings. The molecule has 1 aromatic rings. The molecule has 126 valence electrons. The number of piperazine rings is 1. The minimum Gasteiger partial charge on any atom is -0.503 e. The molecule has 1 aliphatic heterocycles. The van der Waals surface area contributed by atoms with Gasteiger partial charge in [0.2, 0.25) is 0 Å². The van der Waals surface area contributed by atoms with Crippen LogP contribution in [0, 0.1) is 5.92 Å². The number of phenolic OH excluding ortho intramolecular Hbond substituents is 1. The molecule has 0 spiro atoms. The van der Waals surface area contributed by atoms with Gasteiger partial charge in [-0.15, -0.1) is 24.8 Å². The van der Waals surface area contributed by atoms with Gasteiger partial charge in [-0.3, -0.25) is 4.90 Å². The van der Waals surface area contributed by atoms with Gasteiger partial charge >= 0.3 is 0 Å². The van der Waals surface area contributed by atoms with E-state index in [-0.39, 0.29) is 30.6 Å². The first kappa shape index (κ1) is 19.7. The number of rotatable bonds is 4. The minimum absolute atomic E-state index is 0. The zero-order chi connectivity index (χ0) is 14.1. The third-order valence-electron chi connectivity index (χ3n) is 4.23. The van der Waals surface area contributed by atoms with E-state index in [0.717, 1.165) is 31.7 Å². The van der Waals surface area contributed by atoms with Crippen molar-refractivity contribution in [1.29, 1.82) is 0 Å². The highest BCUT2D eigenvalue weighted by Gasteiger charge is 2.37. The summed E-state index contributed by atoms with van der Waals surface area (Å²) in [5.74, 6) is 1.21. The fourth-order valence-corrected chi connectivity index (χ4v) is 3.29. The van der Waals surface area contributed by atoms with E-state index in [1.807, 2.05) is 12.1 Å². The van der Waals surface area contributed by atoms with Crippen LogP contribution in [-0.2, 0) is 0 Å². The normalized spacial score (nSPS) is 19.7.